The number of hydrogen-bond donors (Lipinski definition) is 1. The van der Waals surface area contributed by atoms with Crippen LogP contribution in [0.5, 0.6) is 11.5 Å². The van der Waals surface area contributed by atoms with E-state index in [1.807, 2.05) is 12.1 Å². The van der Waals surface area contributed by atoms with Crippen molar-refractivity contribution in [2.75, 3.05) is 89.9 Å². The van der Waals surface area contributed by atoms with E-state index in [0.717, 1.165) is 50.0 Å². The van der Waals surface area contributed by atoms with Crippen molar-refractivity contribution in [2.45, 2.75) is 6.42 Å². The largest absolute Gasteiger partial charge is 0.493 e. The maximum atomic E-state index is 12.7. The molecule has 210 valence electrons. The molecule has 0 aliphatic carbocycles. The number of likely N-dealkylation sites (N-methyl/N-ethyl adjacent to an activating group) is 1. The molecule has 3 aromatic rings. The van der Waals surface area contributed by atoms with Crippen LogP contribution >= 0.6 is 0 Å². The normalized spacial score (nSPS) is 16.5. The molecular weight excluding hydrogens is 508 g/mol. The lowest BCUT2D eigenvalue weighted by Gasteiger charge is -2.34. The molecule has 3 heterocycles. The first kappa shape index (κ1) is 27.4. The number of nitriles is 1. The Morgan fingerprint density at radius 2 is 1.77 bits per heavy atom. The highest BCUT2D eigenvalue weighted by molar-refractivity contribution is 5.89. The number of urea groups is 1. The fourth-order valence-corrected chi connectivity index (χ4v) is 4.94. The molecule has 0 saturated carbocycles. The van der Waals surface area contributed by atoms with Crippen molar-refractivity contribution in [3.63, 3.8) is 0 Å². The fraction of sp³-hybridized carbons (Fsp3) is 0.448. The standard InChI is InChI=1S/C29H36N8O3/c1-34-9-11-35(12-10-34)8-3-17-40-27-19-25-23(18-26(27)39-2)21-31-28(33-25)36-13-15-37(16-14-36)29(38)32-24-6-4-22(20-30)5-7-24/h4-7,18-19,21H,3,8-17H2,1-2H3,(H,32,38). The summed E-state index contributed by atoms with van der Waals surface area (Å²) in [4.78, 5) is 30.8. The molecule has 1 N–H and O–H groups in total. The molecular formula is C29H36N8O3. The highest BCUT2D eigenvalue weighted by Gasteiger charge is 2.23. The number of carbonyl (C=O) groups is 1. The molecule has 0 bridgehead atoms. The second-order valence-electron chi connectivity index (χ2n) is 10.2. The number of rotatable bonds is 8. The summed E-state index contributed by atoms with van der Waals surface area (Å²) in [6.45, 7) is 8.41. The van der Waals surface area contributed by atoms with E-state index in [-0.39, 0.29) is 6.03 Å². The highest BCUT2D eigenvalue weighted by Crippen LogP contribution is 2.32. The van der Waals surface area contributed by atoms with Gasteiger partial charge >= 0.3 is 6.03 Å². The van der Waals surface area contributed by atoms with Crippen molar-refractivity contribution in [3.8, 4) is 17.6 Å². The molecule has 2 amide bonds. The van der Waals surface area contributed by atoms with Gasteiger partial charge in [0.05, 0.1) is 30.9 Å². The second-order valence-corrected chi connectivity index (χ2v) is 10.2. The summed E-state index contributed by atoms with van der Waals surface area (Å²) in [5.41, 5.74) is 2.01. The summed E-state index contributed by atoms with van der Waals surface area (Å²) in [5.74, 6) is 1.98. The quantitative estimate of drug-likeness (QED) is 0.428. The Morgan fingerprint density at radius 3 is 2.48 bits per heavy atom. The number of carbonyl (C=O) groups excluding carboxylic acids is 1. The van der Waals surface area contributed by atoms with E-state index in [2.05, 4.69) is 38.1 Å². The van der Waals surface area contributed by atoms with Crippen LogP contribution in [0.1, 0.15) is 12.0 Å². The van der Waals surface area contributed by atoms with Crippen LogP contribution in [0, 0.1) is 11.3 Å². The average Bonchev–Trinajstić information content (AvgIpc) is 3.00. The van der Waals surface area contributed by atoms with E-state index in [9.17, 15) is 4.79 Å². The summed E-state index contributed by atoms with van der Waals surface area (Å²) < 4.78 is 11.7. The number of ether oxygens (including phenoxy) is 2. The maximum Gasteiger partial charge on any atom is 0.321 e. The third-order valence-corrected chi connectivity index (χ3v) is 7.44. The molecule has 11 nitrogen and oxygen atoms in total. The Labute approximate surface area is 234 Å². The van der Waals surface area contributed by atoms with Gasteiger partial charge in [0.2, 0.25) is 5.95 Å². The number of nitrogens with zero attached hydrogens (tertiary/aromatic N) is 7. The number of hydrogen-bond acceptors (Lipinski definition) is 9. The van der Waals surface area contributed by atoms with Gasteiger partial charge in [0.1, 0.15) is 0 Å². The number of methoxy groups -OCH3 is 1. The van der Waals surface area contributed by atoms with Crippen LogP contribution in [-0.2, 0) is 0 Å². The number of amides is 2. The lowest BCUT2D eigenvalue weighted by Crippen LogP contribution is -2.50. The maximum absolute atomic E-state index is 12.7. The molecule has 2 aromatic carbocycles. The molecule has 0 spiro atoms. The zero-order valence-corrected chi connectivity index (χ0v) is 23.2. The predicted molar refractivity (Wildman–Crippen MR) is 154 cm³/mol. The number of fused-ring (bicyclic) bond motifs is 1. The van der Waals surface area contributed by atoms with Crippen LogP contribution in [0.25, 0.3) is 10.9 Å². The lowest BCUT2D eigenvalue weighted by molar-refractivity contribution is 0.145. The van der Waals surface area contributed by atoms with Crippen LogP contribution in [0.3, 0.4) is 0 Å². The molecule has 11 heteroatoms. The highest BCUT2D eigenvalue weighted by atomic mass is 16.5. The SMILES string of the molecule is COc1cc2cnc(N3CCN(C(=O)Nc4ccc(C#N)cc4)CC3)nc2cc1OCCCN1CCN(C)CC1. The minimum Gasteiger partial charge on any atom is -0.493 e. The van der Waals surface area contributed by atoms with Gasteiger partial charge in [-0.2, -0.15) is 5.26 Å². The fourth-order valence-electron chi connectivity index (χ4n) is 4.94. The van der Waals surface area contributed by atoms with E-state index in [1.165, 1.54) is 0 Å². The van der Waals surface area contributed by atoms with Crippen LogP contribution in [0.15, 0.2) is 42.6 Å². The molecule has 5 rings (SSSR count). The van der Waals surface area contributed by atoms with Gasteiger partial charge in [-0.3, -0.25) is 0 Å². The van der Waals surface area contributed by atoms with E-state index >= 15 is 0 Å². The van der Waals surface area contributed by atoms with Crippen molar-refractivity contribution in [1.82, 2.24) is 24.7 Å². The van der Waals surface area contributed by atoms with Crippen molar-refractivity contribution >= 4 is 28.6 Å². The van der Waals surface area contributed by atoms with E-state index in [0.29, 0.717) is 61.5 Å². The van der Waals surface area contributed by atoms with Crippen LogP contribution in [0.2, 0.25) is 0 Å². The molecule has 2 aliphatic rings. The second kappa shape index (κ2) is 12.8. The number of nitrogens with one attached hydrogen (secondary N) is 1. The molecule has 2 saturated heterocycles. The molecule has 2 aliphatic heterocycles. The van der Waals surface area contributed by atoms with Gasteiger partial charge in [-0.05, 0) is 43.8 Å². The van der Waals surface area contributed by atoms with Gasteiger partial charge in [-0.1, -0.05) is 0 Å². The number of anilines is 2. The minimum atomic E-state index is -0.162. The third kappa shape index (κ3) is 6.70. The summed E-state index contributed by atoms with van der Waals surface area (Å²) in [7, 11) is 3.81. The predicted octanol–water partition coefficient (Wildman–Crippen LogP) is 2.88. The molecule has 0 atom stereocenters. The Kier molecular flexibility index (Phi) is 8.78. The first-order chi connectivity index (χ1) is 19.5. The van der Waals surface area contributed by atoms with Crippen molar-refractivity contribution in [1.29, 1.82) is 5.26 Å². The summed E-state index contributed by atoms with van der Waals surface area (Å²) in [5, 5.41) is 12.7. The first-order valence-electron chi connectivity index (χ1n) is 13.7. The van der Waals surface area contributed by atoms with Crippen molar-refractivity contribution in [2.24, 2.45) is 0 Å². The zero-order valence-electron chi connectivity index (χ0n) is 23.2. The lowest BCUT2D eigenvalue weighted by atomic mass is 10.2. The van der Waals surface area contributed by atoms with Crippen molar-refractivity contribution in [3.05, 3.63) is 48.2 Å². The molecule has 40 heavy (non-hydrogen) atoms. The van der Waals surface area contributed by atoms with Gasteiger partial charge in [0.25, 0.3) is 0 Å². The summed E-state index contributed by atoms with van der Waals surface area (Å²) >= 11 is 0. The molecule has 0 unspecified atom stereocenters. The van der Waals surface area contributed by atoms with Gasteiger partial charge in [0, 0.05) is 82.2 Å². The zero-order chi connectivity index (χ0) is 27.9. The monoisotopic (exact) mass is 544 g/mol. The minimum absolute atomic E-state index is 0.162. The molecule has 1 aromatic heterocycles. The number of piperazine rings is 2. The summed E-state index contributed by atoms with van der Waals surface area (Å²) in [6.07, 6.45) is 2.75. The Balaban J connectivity index is 1.16. The Hall–Kier alpha value is -4.14. The van der Waals surface area contributed by atoms with E-state index in [4.69, 9.17) is 19.7 Å². The van der Waals surface area contributed by atoms with Crippen molar-refractivity contribution < 1.29 is 14.3 Å². The summed E-state index contributed by atoms with van der Waals surface area (Å²) in [6, 6.07) is 12.6. The van der Waals surface area contributed by atoms with Gasteiger partial charge in [-0.25, -0.2) is 14.8 Å². The van der Waals surface area contributed by atoms with Gasteiger partial charge in [-0.15, -0.1) is 0 Å². The number of benzene rings is 2. The van der Waals surface area contributed by atoms with E-state index < -0.39 is 0 Å². The van der Waals surface area contributed by atoms with Crippen LogP contribution in [-0.4, -0.2) is 110 Å². The van der Waals surface area contributed by atoms with Gasteiger partial charge in [0.15, 0.2) is 11.5 Å². The molecule has 2 fully saturated rings. The van der Waals surface area contributed by atoms with E-state index in [1.54, 1.807) is 42.5 Å². The third-order valence-electron chi connectivity index (χ3n) is 7.44. The van der Waals surface area contributed by atoms with Crippen LogP contribution < -0.4 is 19.7 Å². The Bertz CT molecular complexity index is 1340. The molecule has 0 radical (unpaired) electrons. The van der Waals surface area contributed by atoms with Crippen LogP contribution in [0.4, 0.5) is 16.4 Å². The topological polar surface area (TPSA) is 110 Å². The Morgan fingerprint density at radius 1 is 1.02 bits per heavy atom. The first-order valence-corrected chi connectivity index (χ1v) is 13.7. The van der Waals surface area contributed by atoms with Gasteiger partial charge < -0.3 is 34.4 Å². The number of aromatic nitrogens is 2. The average molecular weight is 545 g/mol. The smallest absolute Gasteiger partial charge is 0.321 e.